The Hall–Kier alpha value is -1.26. The molecule has 118 valence electrons. The summed E-state index contributed by atoms with van der Waals surface area (Å²) in [5.41, 5.74) is 1.30. The number of nitrogens with zero attached hydrogens (tertiary/aromatic N) is 1. The van der Waals surface area contributed by atoms with Gasteiger partial charge in [-0.1, -0.05) is 6.07 Å². The van der Waals surface area contributed by atoms with Crippen LogP contribution in [-0.4, -0.2) is 44.9 Å². The largest absolute Gasteiger partial charge is 0.493 e. The molecule has 0 aromatic heterocycles. The number of benzene rings is 1. The van der Waals surface area contributed by atoms with Gasteiger partial charge < -0.3 is 14.2 Å². The molecule has 2 rings (SSSR count). The highest BCUT2D eigenvalue weighted by Crippen LogP contribution is 2.36. The van der Waals surface area contributed by atoms with E-state index in [2.05, 4.69) is 30.9 Å². The molecule has 0 amide bonds. The molecule has 4 heteroatoms. The van der Waals surface area contributed by atoms with Crippen molar-refractivity contribution < 1.29 is 14.2 Å². The van der Waals surface area contributed by atoms with Crippen LogP contribution in [0, 0.1) is 0 Å². The van der Waals surface area contributed by atoms with Crippen molar-refractivity contribution in [3.63, 3.8) is 0 Å². The van der Waals surface area contributed by atoms with Crippen molar-refractivity contribution in [2.24, 2.45) is 0 Å². The third-order valence-corrected chi connectivity index (χ3v) is 3.99. The van der Waals surface area contributed by atoms with E-state index in [0.717, 1.165) is 31.2 Å². The Bertz CT molecular complexity index is 448. The number of ether oxygens (including phenoxy) is 3. The predicted octanol–water partition coefficient (Wildman–Crippen LogP) is 3.27. The molecule has 0 saturated carbocycles. The van der Waals surface area contributed by atoms with Gasteiger partial charge in [-0.15, -0.1) is 0 Å². The molecule has 21 heavy (non-hydrogen) atoms. The smallest absolute Gasteiger partial charge is 0.161 e. The van der Waals surface area contributed by atoms with Gasteiger partial charge in [0, 0.05) is 12.6 Å². The van der Waals surface area contributed by atoms with Gasteiger partial charge in [-0.25, -0.2) is 0 Å². The lowest BCUT2D eigenvalue weighted by Gasteiger charge is -2.25. The highest BCUT2D eigenvalue weighted by molar-refractivity contribution is 5.44. The number of rotatable bonds is 7. The lowest BCUT2D eigenvalue weighted by Crippen LogP contribution is -2.28. The Kier molecular flexibility index (Phi) is 5.88. The number of likely N-dealkylation sites (tertiary alicyclic amines) is 1. The van der Waals surface area contributed by atoms with E-state index in [9.17, 15) is 0 Å². The van der Waals surface area contributed by atoms with Gasteiger partial charge in [0.25, 0.3) is 0 Å². The molecule has 0 spiro atoms. The van der Waals surface area contributed by atoms with Crippen LogP contribution >= 0.6 is 0 Å². The summed E-state index contributed by atoms with van der Waals surface area (Å²) in [5.74, 6) is 1.59. The van der Waals surface area contributed by atoms with Crippen LogP contribution in [0.2, 0.25) is 0 Å². The Morgan fingerprint density at radius 2 is 1.95 bits per heavy atom. The van der Waals surface area contributed by atoms with E-state index in [0.29, 0.717) is 12.1 Å². The normalized spacial score (nSPS) is 19.2. The molecule has 0 aliphatic carbocycles. The molecule has 1 aliphatic heterocycles. The lowest BCUT2D eigenvalue weighted by molar-refractivity contribution is 0.0563. The zero-order chi connectivity index (χ0) is 15.2. The summed E-state index contributed by atoms with van der Waals surface area (Å²) in [4.78, 5) is 2.50. The van der Waals surface area contributed by atoms with E-state index in [-0.39, 0.29) is 0 Å². The van der Waals surface area contributed by atoms with E-state index < -0.39 is 0 Å². The topological polar surface area (TPSA) is 30.9 Å². The van der Waals surface area contributed by atoms with Crippen LogP contribution in [0.15, 0.2) is 18.2 Å². The average Bonchev–Trinajstić information content (AvgIpc) is 2.94. The second-order valence-electron chi connectivity index (χ2n) is 5.73. The standard InChI is InChI=1S/C17H27NO3/c1-13(2)21-11-10-18-9-5-6-15(18)14-7-8-16(19-3)17(12-14)20-4/h7-8,12-13,15H,5-6,9-11H2,1-4H3. The number of hydrogen-bond donors (Lipinski definition) is 0. The first-order valence-corrected chi connectivity index (χ1v) is 7.73. The molecule has 0 bridgehead atoms. The minimum atomic E-state index is 0.298. The van der Waals surface area contributed by atoms with Gasteiger partial charge in [-0.2, -0.15) is 0 Å². The molecule has 1 saturated heterocycles. The highest BCUT2D eigenvalue weighted by atomic mass is 16.5. The fraction of sp³-hybridized carbons (Fsp3) is 0.647. The van der Waals surface area contributed by atoms with E-state index in [1.165, 1.54) is 18.4 Å². The quantitative estimate of drug-likeness (QED) is 0.772. The molecule has 1 heterocycles. The second kappa shape index (κ2) is 7.66. The minimum absolute atomic E-state index is 0.298. The summed E-state index contributed by atoms with van der Waals surface area (Å²) in [6, 6.07) is 6.70. The van der Waals surface area contributed by atoms with Gasteiger partial charge in [0.2, 0.25) is 0 Å². The van der Waals surface area contributed by atoms with Gasteiger partial charge >= 0.3 is 0 Å². The molecular formula is C17H27NO3. The van der Waals surface area contributed by atoms with Crippen molar-refractivity contribution >= 4 is 0 Å². The van der Waals surface area contributed by atoms with Crippen molar-refractivity contribution in [3.05, 3.63) is 23.8 Å². The van der Waals surface area contributed by atoms with E-state index in [1.54, 1.807) is 14.2 Å². The Labute approximate surface area is 128 Å². The molecule has 0 radical (unpaired) electrons. The zero-order valence-electron chi connectivity index (χ0n) is 13.6. The summed E-state index contributed by atoms with van der Waals surface area (Å²) in [6.07, 6.45) is 2.73. The number of hydrogen-bond acceptors (Lipinski definition) is 4. The van der Waals surface area contributed by atoms with E-state index in [4.69, 9.17) is 14.2 Å². The lowest BCUT2D eigenvalue weighted by atomic mass is 10.0. The van der Waals surface area contributed by atoms with Gasteiger partial charge in [-0.3, -0.25) is 4.90 Å². The summed E-state index contributed by atoms with van der Waals surface area (Å²) in [5, 5.41) is 0. The van der Waals surface area contributed by atoms with Gasteiger partial charge in [0.05, 0.1) is 26.9 Å². The molecule has 4 nitrogen and oxygen atoms in total. The monoisotopic (exact) mass is 293 g/mol. The molecular weight excluding hydrogens is 266 g/mol. The van der Waals surface area contributed by atoms with Crippen LogP contribution in [0.4, 0.5) is 0 Å². The van der Waals surface area contributed by atoms with Crippen molar-refractivity contribution in [2.45, 2.75) is 38.8 Å². The first-order valence-electron chi connectivity index (χ1n) is 7.73. The minimum Gasteiger partial charge on any atom is -0.493 e. The van der Waals surface area contributed by atoms with Gasteiger partial charge in [0.15, 0.2) is 11.5 Å². The van der Waals surface area contributed by atoms with Crippen LogP contribution in [0.25, 0.3) is 0 Å². The van der Waals surface area contributed by atoms with Crippen LogP contribution < -0.4 is 9.47 Å². The van der Waals surface area contributed by atoms with E-state index in [1.807, 2.05) is 6.07 Å². The first-order chi connectivity index (χ1) is 10.2. The van der Waals surface area contributed by atoms with Crippen molar-refractivity contribution in [1.82, 2.24) is 4.90 Å². The molecule has 1 aliphatic rings. The van der Waals surface area contributed by atoms with Crippen molar-refractivity contribution in [2.75, 3.05) is 33.9 Å². The Balaban J connectivity index is 2.05. The summed E-state index contributed by atoms with van der Waals surface area (Å²) in [6.45, 7) is 7.07. The summed E-state index contributed by atoms with van der Waals surface area (Å²) >= 11 is 0. The number of methoxy groups -OCH3 is 2. The van der Waals surface area contributed by atoms with E-state index >= 15 is 0 Å². The van der Waals surface area contributed by atoms with Crippen molar-refractivity contribution in [3.8, 4) is 11.5 Å². The maximum absolute atomic E-state index is 5.68. The molecule has 1 fully saturated rings. The van der Waals surface area contributed by atoms with Crippen LogP contribution in [0.1, 0.15) is 38.3 Å². The van der Waals surface area contributed by atoms with Gasteiger partial charge in [0.1, 0.15) is 0 Å². The maximum Gasteiger partial charge on any atom is 0.161 e. The maximum atomic E-state index is 5.68. The van der Waals surface area contributed by atoms with Crippen LogP contribution in [-0.2, 0) is 4.74 Å². The molecule has 0 N–H and O–H groups in total. The van der Waals surface area contributed by atoms with Crippen molar-refractivity contribution in [1.29, 1.82) is 0 Å². The molecule has 1 aromatic carbocycles. The summed E-state index contributed by atoms with van der Waals surface area (Å²) < 4.78 is 16.4. The third kappa shape index (κ3) is 4.11. The van der Waals surface area contributed by atoms with Crippen LogP contribution in [0.3, 0.4) is 0 Å². The Morgan fingerprint density at radius 3 is 2.62 bits per heavy atom. The average molecular weight is 293 g/mol. The fourth-order valence-electron chi connectivity index (χ4n) is 2.94. The third-order valence-electron chi connectivity index (χ3n) is 3.99. The predicted molar refractivity (Wildman–Crippen MR) is 84.2 cm³/mol. The summed E-state index contributed by atoms with van der Waals surface area (Å²) in [7, 11) is 3.35. The Morgan fingerprint density at radius 1 is 1.19 bits per heavy atom. The first kappa shape index (κ1) is 16.1. The molecule has 1 unspecified atom stereocenters. The molecule has 1 atom stereocenters. The SMILES string of the molecule is COc1ccc(C2CCCN2CCOC(C)C)cc1OC. The van der Waals surface area contributed by atoms with Crippen LogP contribution in [0.5, 0.6) is 11.5 Å². The fourth-order valence-corrected chi connectivity index (χ4v) is 2.94. The zero-order valence-corrected chi connectivity index (χ0v) is 13.6. The molecule has 1 aromatic rings. The highest BCUT2D eigenvalue weighted by Gasteiger charge is 2.26. The second-order valence-corrected chi connectivity index (χ2v) is 5.73. The van der Waals surface area contributed by atoms with Gasteiger partial charge in [-0.05, 0) is 50.9 Å².